The molecule has 1 aliphatic heterocycles. The summed E-state index contributed by atoms with van der Waals surface area (Å²) in [5, 5.41) is 8.45. The van der Waals surface area contributed by atoms with Gasteiger partial charge in [0.2, 0.25) is 5.96 Å². The monoisotopic (exact) mass is 565 g/mol. The van der Waals surface area contributed by atoms with E-state index in [1.54, 1.807) is 0 Å². The summed E-state index contributed by atoms with van der Waals surface area (Å²) < 4.78 is 4.70. The highest BCUT2D eigenvalue weighted by atomic mass is 15.3. The van der Waals surface area contributed by atoms with Gasteiger partial charge in [-0.3, -0.25) is 4.57 Å². The van der Waals surface area contributed by atoms with E-state index in [0.717, 1.165) is 45.2 Å². The van der Waals surface area contributed by atoms with Gasteiger partial charge in [-0.05, 0) is 29.8 Å². The third-order valence-electron chi connectivity index (χ3n) is 8.57. The summed E-state index contributed by atoms with van der Waals surface area (Å²) in [7, 11) is 0. The van der Waals surface area contributed by atoms with Gasteiger partial charge in [-0.15, -0.1) is 0 Å². The number of amidine groups is 1. The molecule has 0 aliphatic carbocycles. The summed E-state index contributed by atoms with van der Waals surface area (Å²) in [6.07, 6.45) is -0.391. The van der Waals surface area contributed by atoms with Crippen LogP contribution in [0.15, 0.2) is 162 Å². The van der Waals surface area contributed by atoms with Gasteiger partial charge in [0, 0.05) is 32.8 Å². The summed E-state index contributed by atoms with van der Waals surface area (Å²) in [5.41, 5.74) is 7.70. The molecule has 0 bridgehead atoms. The van der Waals surface area contributed by atoms with Crippen molar-refractivity contribution in [3.05, 3.63) is 163 Å². The molecule has 0 amide bonds. The zero-order valence-corrected chi connectivity index (χ0v) is 23.8. The maximum Gasteiger partial charge on any atom is 0.211 e. The fourth-order valence-electron chi connectivity index (χ4n) is 6.63. The van der Waals surface area contributed by atoms with E-state index in [-0.39, 0.29) is 0 Å². The Morgan fingerprint density at radius 3 is 1.64 bits per heavy atom. The molecular weight excluding hydrogens is 538 g/mol. The highest BCUT2D eigenvalue weighted by Crippen LogP contribution is 2.40. The van der Waals surface area contributed by atoms with Crippen LogP contribution < -0.4 is 5.32 Å². The minimum Gasteiger partial charge on any atom is -0.310 e. The molecule has 208 valence electrons. The molecule has 8 aromatic rings. The molecule has 0 radical (unpaired) electrons. The van der Waals surface area contributed by atoms with Crippen molar-refractivity contribution in [3.8, 4) is 5.69 Å². The molecule has 1 unspecified atom stereocenters. The van der Waals surface area contributed by atoms with Gasteiger partial charge >= 0.3 is 0 Å². The second-order valence-corrected chi connectivity index (χ2v) is 11.1. The Balaban J connectivity index is 1.41. The molecule has 5 heteroatoms. The summed E-state index contributed by atoms with van der Waals surface area (Å²) in [4.78, 5) is 10.4. The third-order valence-corrected chi connectivity index (χ3v) is 8.57. The molecule has 1 atom stereocenters. The number of hydrogen-bond acceptors (Lipinski definition) is 3. The van der Waals surface area contributed by atoms with Crippen molar-refractivity contribution in [2.45, 2.75) is 6.17 Å². The van der Waals surface area contributed by atoms with Gasteiger partial charge in [0.1, 0.15) is 5.84 Å². The second-order valence-electron chi connectivity index (χ2n) is 11.1. The summed E-state index contributed by atoms with van der Waals surface area (Å²) >= 11 is 0. The predicted octanol–water partition coefficient (Wildman–Crippen LogP) is 8.84. The minimum atomic E-state index is -0.391. The Morgan fingerprint density at radius 1 is 0.455 bits per heavy atom. The number of nitrogens with zero attached hydrogens (tertiary/aromatic N) is 4. The molecule has 0 spiro atoms. The van der Waals surface area contributed by atoms with Crippen molar-refractivity contribution in [3.63, 3.8) is 0 Å². The zero-order valence-electron chi connectivity index (χ0n) is 23.8. The van der Waals surface area contributed by atoms with Crippen molar-refractivity contribution >= 4 is 55.4 Å². The van der Waals surface area contributed by atoms with E-state index in [0.29, 0.717) is 0 Å². The molecular formula is C39H27N5. The van der Waals surface area contributed by atoms with Crippen LogP contribution >= 0.6 is 0 Å². The summed E-state index contributed by atoms with van der Waals surface area (Å²) in [6, 6.07) is 53.1. The van der Waals surface area contributed by atoms with Crippen LogP contribution in [0, 0.1) is 0 Å². The maximum absolute atomic E-state index is 5.31. The van der Waals surface area contributed by atoms with Crippen LogP contribution in [0.4, 0.5) is 0 Å². The SMILES string of the molecule is c1ccc(C2=NC(c3ccccc3)N=C(n3c4ccccc4c4ccc5c6ccccc6n(-c6ccccc6)c5c43)N2)cc1. The molecule has 2 aromatic heterocycles. The largest absolute Gasteiger partial charge is 0.310 e. The van der Waals surface area contributed by atoms with Gasteiger partial charge in [-0.2, -0.15) is 0 Å². The number of rotatable bonds is 3. The Hall–Kier alpha value is -5.94. The number of aromatic nitrogens is 2. The van der Waals surface area contributed by atoms with Gasteiger partial charge in [0.25, 0.3) is 0 Å². The van der Waals surface area contributed by atoms with Crippen LogP contribution in [0.1, 0.15) is 17.3 Å². The fourth-order valence-corrected chi connectivity index (χ4v) is 6.63. The number of aliphatic imine (C=N–C) groups is 2. The van der Waals surface area contributed by atoms with Crippen molar-refractivity contribution < 1.29 is 0 Å². The predicted molar refractivity (Wildman–Crippen MR) is 182 cm³/mol. The van der Waals surface area contributed by atoms with Crippen LogP contribution in [0.2, 0.25) is 0 Å². The summed E-state index contributed by atoms with van der Waals surface area (Å²) in [6.45, 7) is 0. The lowest BCUT2D eigenvalue weighted by molar-refractivity contribution is 0.745. The van der Waals surface area contributed by atoms with Crippen molar-refractivity contribution in [2.75, 3.05) is 0 Å². The Kier molecular flexibility index (Phi) is 5.50. The van der Waals surface area contributed by atoms with Crippen LogP contribution in [0.5, 0.6) is 0 Å². The van der Waals surface area contributed by atoms with Gasteiger partial charge in [0.15, 0.2) is 6.17 Å². The Labute approximate surface area is 254 Å². The Morgan fingerprint density at radius 2 is 0.977 bits per heavy atom. The lowest BCUT2D eigenvalue weighted by atomic mass is 10.1. The number of hydrogen-bond donors (Lipinski definition) is 1. The standard InChI is InChI=1S/C39H27N5/c1-4-14-26(15-5-1)37-40-38(27-16-6-2-7-17-27)42-39(41-37)44-34-23-13-11-21-30(34)32-25-24-31-29-20-10-12-22-33(29)43(35(31)36(32)44)28-18-8-3-9-19-28/h1-25,37H,(H,40,41,42). The molecule has 44 heavy (non-hydrogen) atoms. The highest BCUT2D eigenvalue weighted by molar-refractivity contribution is 6.27. The number of benzene rings is 6. The number of nitrogens with one attached hydrogen (secondary N) is 1. The normalized spacial score (nSPS) is 15.0. The number of fused-ring (bicyclic) bond motifs is 7. The molecule has 0 saturated carbocycles. The van der Waals surface area contributed by atoms with Crippen LogP contribution in [0.3, 0.4) is 0 Å². The number of para-hydroxylation sites is 3. The lowest BCUT2D eigenvalue weighted by Crippen LogP contribution is -2.39. The maximum atomic E-state index is 5.31. The van der Waals surface area contributed by atoms with E-state index in [2.05, 4.69) is 130 Å². The molecule has 5 nitrogen and oxygen atoms in total. The van der Waals surface area contributed by atoms with E-state index in [1.807, 2.05) is 36.4 Å². The summed E-state index contributed by atoms with van der Waals surface area (Å²) in [5.74, 6) is 1.54. The fraction of sp³-hybridized carbons (Fsp3) is 0.0256. The van der Waals surface area contributed by atoms with E-state index >= 15 is 0 Å². The van der Waals surface area contributed by atoms with Crippen LogP contribution in [0.25, 0.3) is 49.3 Å². The smallest absolute Gasteiger partial charge is 0.211 e. The van der Waals surface area contributed by atoms with Crippen molar-refractivity contribution in [1.29, 1.82) is 0 Å². The average Bonchev–Trinajstić information content (AvgIpc) is 3.62. The molecule has 1 N–H and O–H groups in total. The van der Waals surface area contributed by atoms with Gasteiger partial charge in [0.05, 0.1) is 22.1 Å². The van der Waals surface area contributed by atoms with Crippen LogP contribution in [-0.4, -0.2) is 20.9 Å². The van der Waals surface area contributed by atoms with E-state index < -0.39 is 6.17 Å². The first kappa shape index (κ1) is 24.6. The van der Waals surface area contributed by atoms with Crippen LogP contribution in [-0.2, 0) is 0 Å². The van der Waals surface area contributed by atoms with E-state index in [9.17, 15) is 0 Å². The minimum absolute atomic E-state index is 0.391. The van der Waals surface area contributed by atoms with Crippen molar-refractivity contribution in [1.82, 2.24) is 14.5 Å². The first-order valence-corrected chi connectivity index (χ1v) is 14.9. The first-order chi connectivity index (χ1) is 21.8. The first-order valence-electron chi connectivity index (χ1n) is 14.9. The van der Waals surface area contributed by atoms with Gasteiger partial charge < -0.3 is 9.88 Å². The lowest BCUT2D eigenvalue weighted by Gasteiger charge is -2.24. The van der Waals surface area contributed by atoms with Gasteiger partial charge in [-0.1, -0.05) is 127 Å². The molecule has 1 aliphatic rings. The van der Waals surface area contributed by atoms with Gasteiger partial charge in [-0.25, -0.2) is 9.98 Å². The Bertz CT molecular complexity index is 2400. The quantitative estimate of drug-likeness (QED) is 0.229. The molecule has 0 fully saturated rings. The second kappa shape index (κ2) is 9.82. The molecule has 3 heterocycles. The zero-order chi connectivity index (χ0) is 29.0. The highest BCUT2D eigenvalue weighted by Gasteiger charge is 2.26. The molecule has 9 rings (SSSR count). The van der Waals surface area contributed by atoms with E-state index in [1.165, 1.54) is 27.1 Å². The molecule has 6 aromatic carbocycles. The third kappa shape index (κ3) is 3.73. The van der Waals surface area contributed by atoms with Crippen molar-refractivity contribution in [2.24, 2.45) is 9.98 Å². The average molecular weight is 566 g/mol. The molecule has 0 saturated heterocycles. The topological polar surface area (TPSA) is 46.6 Å². The van der Waals surface area contributed by atoms with E-state index in [4.69, 9.17) is 9.98 Å².